The quantitative estimate of drug-likeness (QED) is 0.691. The molecule has 0 radical (unpaired) electrons. The second-order valence-corrected chi connectivity index (χ2v) is 8.11. The number of piperidine rings is 1. The van der Waals surface area contributed by atoms with Crippen molar-refractivity contribution in [2.75, 3.05) is 13.1 Å². The summed E-state index contributed by atoms with van der Waals surface area (Å²) >= 11 is 1.50. The highest BCUT2D eigenvalue weighted by Crippen LogP contribution is 2.32. The lowest BCUT2D eigenvalue weighted by molar-refractivity contribution is -0.127. The highest BCUT2D eigenvalue weighted by atomic mass is 32.1. The minimum Gasteiger partial charge on any atom is -0.351 e. The topological polar surface area (TPSA) is 105 Å². The molecule has 4 amide bonds. The van der Waals surface area contributed by atoms with Crippen LogP contribution in [0.4, 0.5) is 4.79 Å². The number of amides is 4. The van der Waals surface area contributed by atoms with Gasteiger partial charge in [-0.1, -0.05) is 6.92 Å². The second-order valence-electron chi connectivity index (χ2n) is 6.97. The number of carbonyl (C=O) groups is 3. The van der Waals surface area contributed by atoms with Crippen molar-refractivity contribution in [2.24, 2.45) is 17.6 Å². The minimum absolute atomic E-state index is 0.283. The van der Waals surface area contributed by atoms with Crippen LogP contribution in [0.2, 0.25) is 0 Å². The molecule has 3 rings (SSSR count). The summed E-state index contributed by atoms with van der Waals surface area (Å²) in [7, 11) is 0. The molecular weight excluding hydrogens is 340 g/mol. The Morgan fingerprint density at radius 3 is 2.84 bits per heavy atom. The highest BCUT2D eigenvalue weighted by Gasteiger charge is 2.28. The van der Waals surface area contributed by atoms with Crippen LogP contribution < -0.4 is 16.6 Å². The SMILES string of the molecule is C[C@@H]1CCc2sc(C(=O)NNC(=O)[C@@H]3CCCN(C(N)=O)C3)cc2C1. The van der Waals surface area contributed by atoms with E-state index in [1.807, 2.05) is 6.07 Å². The Bertz CT molecular complexity index is 687. The van der Waals surface area contributed by atoms with Gasteiger partial charge in [0.25, 0.3) is 5.91 Å². The first-order valence-electron chi connectivity index (χ1n) is 8.70. The average molecular weight is 364 g/mol. The van der Waals surface area contributed by atoms with E-state index in [4.69, 9.17) is 5.73 Å². The number of urea groups is 1. The molecule has 1 aromatic rings. The number of likely N-dealkylation sites (tertiary alicyclic amines) is 1. The number of rotatable bonds is 2. The van der Waals surface area contributed by atoms with Crippen molar-refractivity contribution in [2.45, 2.75) is 39.0 Å². The Kier molecular flexibility index (Phi) is 5.27. The number of carbonyl (C=O) groups excluding carboxylic acids is 3. The summed E-state index contributed by atoms with van der Waals surface area (Å²) < 4.78 is 0. The number of nitrogens with zero attached hydrogens (tertiary/aromatic N) is 1. The molecule has 4 N–H and O–H groups in total. The van der Waals surface area contributed by atoms with Crippen molar-refractivity contribution in [1.29, 1.82) is 0 Å². The van der Waals surface area contributed by atoms with Gasteiger partial charge in [0.1, 0.15) is 0 Å². The predicted octanol–water partition coefficient (Wildman–Crippen LogP) is 1.42. The van der Waals surface area contributed by atoms with Crippen molar-refractivity contribution < 1.29 is 14.4 Å². The summed E-state index contributed by atoms with van der Waals surface area (Å²) in [6, 6.07) is 1.42. The third kappa shape index (κ3) is 4.12. The summed E-state index contributed by atoms with van der Waals surface area (Å²) in [5, 5.41) is 0. The second kappa shape index (κ2) is 7.43. The lowest BCUT2D eigenvalue weighted by atomic mass is 9.90. The lowest BCUT2D eigenvalue weighted by Gasteiger charge is -2.30. The first-order chi connectivity index (χ1) is 11.9. The summed E-state index contributed by atoms with van der Waals surface area (Å²) in [6.07, 6.45) is 4.59. The van der Waals surface area contributed by atoms with Crippen LogP contribution in [0, 0.1) is 11.8 Å². The van der Waals surface area contributed by atoms with Crippen molar-refractivity contribution in [3.05, 3.63) is 21.4 Å². The molecule has 1 saturated heterocycles. The van der Waals surface area contributed by atoms with E-state index in [1.54, 1.807) is 0 Å². The molecule has 8 heteroatoms. The molecule has 0 saturated carbocycles. The Labute approximate surface area is 150 Å². The minimum atomic E-state index is -0.514. The number of hydrogen-bond acceptors (Lipinski definition) is 4. The van der Waals surface area contributed by atoms with E-state index < -0.39 is 6.03 Å². The van der Waals surface area contributed by atoms with E-state index >= 15 is 0 Å². The maximum atomic E-state index is 12.3. The number of nitrogens with one attached hydrogen (secondary N) is 2. The van der Waals surface area contributed by atoms with Gasteiger partial charge < -0.3 is 10.6 Å². The van der Waals surface area contributed by atoms with Crippen molar-refractivity contribution >= 4 is 29.2 Å². The molecule has 0 bridgehead atoms. The normalized spacial score (nSPS) is 22.8. The van der Waals surface area contributed by atoms with Gasteiger partial charge in [0.05, 0.1) is 10.8 Å². The van der Waals surface area contributed by atoms with Gasteiger partial charge in [-0.05, 0) is 49.7 Å². The fourth-order valence-corrected chi connectivity index (χ4v) is 4.59. The number of nitrogens with two attached hydrogens (primary N) is 1. The molecule has 2 heterocycles. The fraction of sp³-hybridized carbons (Fsp3) is 0.588. The zero-order chi connectivity index (χ0) is 18.0. The Balaban J connectivity index is 1.53. The molecule has 0 spiro atoms. The standard InChI is InChI=1S/C17H24N4O3S/c1-10-4-5-13-12(7-10)8-14(25-13)16(23)20-19-15(22)11-3-2-6-21(9-11)17(18)24/h8,10-11H,2-7,9H2,1H3,(H2,18,24)(H,19,22)(H,20,23)/t10-,11-/m1/s1. The van der Waals surface area contributed by atoms with Crippen LogP contribution in [0.3, 0.4) is 0 Å². The molecular formula is C17H24N4O3S. The lowest BCUT2D eigenvalue weighted by Crippen LogP contribution is -2.50. The Morgan fingerprint density at radius 2 is 2.08 bits per heavy atom. The number of hydrazine groups is 1. The number of fused-ring (bicyclic) bond motifs is 1. The van der Waals surface area contributed by atoms with Crippen molar-refractivity contribution in [3.8, 4) is 0 Å². The fourth-order valence-electron chi connectivity index (χ4n) is 3.49. The van der Waals surface area contributed by atoms with Gasteiger partial charge in [-0.25, -0.2) is 4.79 Å². The van der Waals surface area contributed by atoms with Crippen LogP contribution >= 0.6 is 11.3 Å². The van der Waals surface area contributed by atoms with Crippen LogP contribution in [0.15, 0.2) is 6.07 Å². The number of primary amides is 1. The van der Waals surface area contributed by atoms with Gasteiger partial charge >= 0.3 is 6.03 Å². The summed E-state index contributed by atoms with van der Waals surface area (Å²) in [6.45, 7) is 3.09. The summed E-state index contributed by atoms with van der Waals surface area (Å²) in [5.74, 6) is -0.270. The predicted molar refractivity (Wildman–Crippen MR) is 95.0 cm³/mol. The van der Waals surface area contributed by atoms with Crippen LogP contribution in [0.5, 0.6) is 0 Å². The first kappa shape index (κ1) is 17.7. The zero-order valence-corrected chi connectivity index (χ0v) is 15.2. The molecule has 136 valence electrons. The molecule has 25 heavy (non-hydrogen) atoms. The smallest absolute Gasteiger partial charge is 0.314 e. The molecule has 1 aliphatic carbocycles. The van der Waals surface area contributed by atoms with Crippen LogP contribution in [0.1, 0.15) is 46.3 Å². The zero-order valence-electron chi connectivity index (χ0n) is 14.3. The molecule has 1 fully saturated rings. The van der Waals surface area contributed by atoms with Gasteiger partial charge in [-0.3, -0.25) is 20.4 Å². The Morgan fingerprint density at radius 1 is 1.28 bits per heavy atom. The summed E-state index contributed by atoms with van der Waals surface area (Å²) in [5.41, 5.74) is 11.5. The van der Waals surface area contributed by atoms with Crippen LogP contribution in [-0.2, 0) is 17.6 Å². The monoisotopic (exact) mass is 364 g/mol. The first-order valence-corrected chi connectivity index (χ1v) is 9.52. The molecule has 0 aromatic carbocycles. The average Bonchev–Trinajstić information content (AvgIpc) is 3.02. The summed E-state index contributed by atoms with van der Waals surface area (Å²) in [4.78, 5) is 39.1. The third-order valence-corrected chi connectivity index (χ3v) is 6.19. The van der Waals surface area contributed by atoms with Gasteiger partial charge in [0.2, 0.25) is 5.91 Å². The van der Waals surface area contributed by atoms with Gasteiger partial charge in [-0.2, -0.15) is 0 Å². The maximum Gasteiger partial charge on any atom is 0.314 e. The van der Waals surface area contributed by atoms with E-state index in [0.29, 0.717) is 30.3 Å². The van der Waals surface area contributed by atoms with Gasteiger partial charge in [-0.15, -0.1) is 11.3 Å². The highest BCUT2D eigenvalue weighted by molar-refractivity contribution is 7.14. The molecule has 1 aliphatic heterocycles. The van der Waals surface area contributed by atoms with Crippen LogP contribution in [-0.4, -0.2) is 35.8 Å². The van der Waals surface area contributed by atoms with Crippen molar-refractivity contribution in [1.82, 2.24) is 15.8 Å². The molecule has 2 aliphatic rings. The number of thiophene rings is 1. The largest absolute Gasteiger partial charge is 0.351 e. The van der Waals surface area contributed by atoms with Gasteiger partial charge in [0, 0.05) is 18.0 Å². The van der Waals surface area contributed by atoms with E-state index in [9.17, 15) is 14.4 Å². The van der Waals surface area contributed by atoms with Crippen molar-refractivity contribution in [3.63, 3.8) is 0 Å². The Hall–Kier alpha value is -2.09. The van der Waals surface area contributed by atoms with E-state index in [1.165, 1.54) is 26.7 Å². The maximum absolute atomic E-state index is 12.3. The number of aryl methyl sites for hydroxylation is 1. The molecule has 2 atom stereocenters. The van der Waals surface area contributed by atoms with E-state index in [2.05, 4.69) is 17.8 Å². The number of hydrogen-bond donors (Lipinski definition) is 3. The molecule has 7 nitrogen and oxygen atoms in total. The third-order valence-electron chi connectivity index (χ3n) is 4.96. The van der Waals surface area contributed by atoms with E-state index in [0.717, 1.165) is 25.7 Å². The van der Waals surface area contributed by atoms with E-state index in [-0.39, 0.29) is 17.7 Å². The molecule has 0 unspecified atom stereocenters. The van der Waals surface area contributed by atoms with Crippen LogP contribution in [0.25, 0.3) is 0 Å². The molecule has 1 aromatic heterocycles. The van der Waals surface area contributed by atoms with Gasteiger partial charge in [0.15, 0.2) is 0 Å².